The molecule has 0 spiro atoms. The number of nitrogens with zero attached hydrogens (tertiary/aromatic N) is 1. The maximum atomic E-state index is 9.95. The number of carbonyl (C=O) groups excluding carboxylic acids is 1. The van der Waals surface area contributed by atoms with Gasteiger partial charge in [0.2, 0.25) is 0 Å². The fraction of sp³-hybridized carbons (Fsp3) is 0.125. The lowest BCUT2D eigenvalue weighted by Gasteiger charge is -2.06. The molecule has 0 radical (unpaired) electrons. The number of hydrogen-bond donors (Lipinski definition) is 2. The Morgan fingerprint density at radius 3 is 2.43 bits per heavy atom. The summed E-state index contributed by atoms with van der Waals surface area (Å²) < 4.78 is 4.56. The highest BCUT2D eigenvalue weighted by Gasteiger charge is 1.98. The average Bonchev–Trinajstić information content (AvgIpc) is 2.17. The summed E-state index contributed by atoms with van der Waals surface area (Å²) in [4.78, 5) is 14.3. The van der Waals surface area contributed by atoms with Gasteiger partial charge >= 0.3 is 0 Å². The van der Waals surface area contributed by atoms with Gasteiger partial charge in [0.1, 0.15) is 5.75 Å². The lowest BCUT2D eigenvalue weighted by atomic mass is 10.2. The largest absolute Gasteiger partial charge is 0.429 e. The first-order valence-electron chi connectivity index (χ1n) is 3.72. The summed E-state index contributed by atoms with van der Waals surface area (Å²) in [7, 11) is 0. The third-order valence-electron chi connectivity index (χ3n) is 1.45. The van der Waals surface area contributed by atoms with Crippen molar-refractivity contribution in [2.75, 3.05) is 0 Å². The molecule has 0 bridgehead atoms. The minimum absolute atomic E-state index is 0.00830. The van der Waals surface area contributed by atoms with Crippen LogP contribution in [0.25, 0.3) is 0 Å². The molecule has 0 saturated heterocycles. The highest BCUT2D eigenvalue weighted by Crippen LogP contribution is 2.11. The van der Waals surface area contributed by atoms with Crippen LogP contribution in [0.2, 0.25) is 0 Å². The monoisotopic (exact) mass is 199 g/mol. The maximum absolute atomic E-state index is 9.95. The van der Waals surface area contributed by atoms with Crippen LogP contribution < -0.4 is 4.74 Å². The van der Waals surface area contributed by atoms with Crippen LogP contribution in [-0.4, -0.2) is 22.3 Å². The Morgan fingerprint density at radius 1 is 1.29 bits per heavy atom. The summed E-state index contributed by atoms with van der Waals surface area (Å²) in [6, 6.07) is 6.38. The molecule has 0 fully saturated rings. The molecule has 0 saturated carbocycles. The van der Waals surface area contributed by atoms with E-state index in [1.165, 1.54) is 0 Å². The topological polar surface area (TPSA) is 79.2 Å². The van der Waals surface area contributed by atoms with Crippen molar-refractivity contribution < 1.29 is 24.8 Å². The van der Waals surface area contributed by atoms with Crippen LogP contribution in [0, 0.1) is 0 Å². The number of benzene rings is 1. The van der Waals surface area contributed by atoms with Crippen LogP contribution in [0.4, 0.5) is 0 Å². The highest BCUT2D eigenvalue weighted by atomic mass is 17.1. The van der Waals surface area contributed by atoms with Crippen molar-refractivity contribution in [1.29, 1.82) is 0 Å². The summed E-state index contributed by atoms with van der Waals surface area (Å²) in [5, 5.41) is 16.1. The van der Waals surface area contributed by atoms with Gasteiger partial charge in [-0.1, -0.05) is 12.1 Å². The van der Waals surface area contributed by atoms with E-state index in [0.717, 1.165) is 0 Å². The third-order valence-corrected chi connectivity index (χ3v) is 1.45. The lowest BCUT2D eigenvalue weighted by Crippen LogP contribution is -2.13. The molecule has 0 heterocycles. The SMILES string of the molecule is O=COc1ccc(CON(O)O)cc1. The molecule has 0 aliphatic heterocycles. The molecule has 1 aromatic carbocycles. The second kappa shape index (κ2) is 5.30. The number of hydrogen-bond acceptors (Lipinski definition) is 6. The van der Waals surface area contributed by atoms with Crippen molar-refractivity contribution in [3.63, 3.8) is 0 Å². The van der Waals surface area contributed by atoms with Gasteiger partial charge in [-0.3, -0.25) is 15.2 Å². The Balaban J connectivity index is 2.50. The molecule has 0 aliphatic carbocycles. The first-order chi connectivity index (χ1) is 6.72. The predicted molar refractivity (Wildman–Crippen MR) is 43.3 cm³/mol. The fourth-order valence-electron chi connectivity index (χ4n) is 0.852. The van der Waals surface area contributed by atoms with Crippen LogP contribution in [0.1, 0.15) is 5.56 Å². The molecule has 2 N–H and O–H groups in total. The van der Waals surface area contributed by atoms with Crippen molar-refractivity contribution in [3.8, 4) is 5.75 Å². The van der Waals surface area contributed by atoms with Gasteiger partial charge in [0.25, 0.3) is 6.47 Å². The van der Waals surface area contributed by atoms with Gasteiger partial charge in [-0.25, -0.2) is 4.84 Å². The average molecular weight is 199 g/mol. The first kappa shape index (κ1) is 10.6. The Morgan fingerprint density at radius 2 is 1.93 bits per heavy atom. The zero-order chi connectivity index (χ0) is 10.4. The zero-order valence-electron chi connectivity index (χ0n) is 7.16. The summed E-state index contributed by atoms with van der Waals surface area (Å²) in [6.07, 6.45) is 0. The van der Waals surface area contributed by atoms with E-state index in [4.69, 9.17) is 10.4 Å². The van der Waals surface area contributed by atoms with Crippen LogP contribution in [0.5, 0.6) is 5.75 Å². The minimum Gasteiger partial charge on any atom is -0.429 e. The van der Waals surface area contributed by atoms with E-state index in [0.29, 0.717) is 17.8 Å². The molecule has 1 aromatic rings. The van der Waals surface area contributed by atoms with Crippen molar-refractivity contribution >= 4 is 6.47 Å². The van der Waals surface area contributed by atoms with Gasteiger partial charge in [-0.05, 0) is 17.7 Å². The standard InChI is InChI=1S/C8H9NO5/c10-6-13-8-3-1-7(2-4-8)5-14-9(11)12/h1-4,6,11-12H,5H2. The zero-order valence-corrected chi connectivity index (χ0v) is 7.16. The first-order valence-corrected chi connectivity index (χ1v) is 3.72. The summed E-state index contributed by atoms with van der Waals surface area (Å²) in [5.74, 6) is 0.411. The Bertz CT molecular complexity index is 284. The summed E-state index contributed by atoms with van der Waals surface area (Å²) in [5.41, 5.74) is 0.705. The van der Waals surface area contributed by atoms with Crippen molar-refractivity contribution in [2.45, 2.75) is 6.61 Å². The summed E-state index contributed by atoms with van der Waals surface area (Å²) >= 11 is 0. The molecule has 0 aliphatic rings. The number of carbonyl (C=O) groups is 1. The van der Waals surface area contributed by atoms with Gasteiger partial charge in [-0.2, -0.15) is 0 Å². The van der Waals surface area contributed by atoms with Crippen LogP contribution >= 0.6 is 0 Å². The molecule has 6 nitrogen and oxygen atoms in total. The smallest absolute Gasteiger partial charge is 0.298 e. The normalized spacial score (nSPS) is 10.2. The van der Waals surface area contributed by atoms with Gasteiger partial charge in [0.15, 0.2) is 0 Å². The van der Waals surface area contributed by atoms with Crippen LogP contribution in [0.3, 0.4) is 0 Å². The van der Waals surface area contributed by atoms with E-state index in [-0.39, 0.29) is 12.0 Å². The molecule has 14 heavy (non-hydrogen) atoms. The Kier molecular flexibility index (Phi) is 4.02. The van der Waals surface area contributed by atoms with E-state index in [1.54, 1.807) is 24.3 Å². The predicted octanol–water partition coefficient (Wildman–Crippen LogP) is 0.734. The molecular formula is C8H9NO5. The van der Waals surface area contributed by atoms with Gasteiger partial charge in [0, 0.05) is 0 Å². The molecular weight excluding hydrogens is 190 g/mol. The van der Waals surface area contributed by atoms with Gasteiger partial charge in [0.05, 0.1) is 12.0 Å². The molecule has 0 unspecified atom stereocenters. The molecule has 76 valence electrons. The second-order valence-corrected chi connectivity index (χ2v) is 2.38. The Labute approximate surface area is 79.8 Å². The van der Waals surface area contributed by atoms with E-state index in [1.807, 2.05) is 0 Å². The molecule has 1 rings (SSSR count). The van der Waals surface area contributed by atoms with E-state index < -0.39 is 0 Å². The van der Waals surface area contributed by atoms with Gasteiger partial charge in [-0.15, -0.1) is 0 Å². The highest BCUT2D eigenvalue weighted by molar-refractivity contribution is 5.45. The maximum Gasteiger partial charge on any atom is 0.298 e. The van der Waals surface area contributed by atoms with Crippen molar-refractivity contribution in [2.24, 2.45) is 0 Å². The van der Waals surface area contributed by atoms with Crippen molar-refractivity contribution in [3.05, 3.63) is 29.8 Å². The third kappa shape index (κ3) is 3.50. The van der Waals surface area contributed by atoms with Crippen molar-refractivity contribution in [1.82, 2.24) is 5.39 Å². The van der Waals surface area contributed by atoms with E-state index in [2.05, 4.69) is 9.57 Å². The summed E-state index contributed by atoms with van der Waals surface area (Å²) in [6.45, 7) is 0.336. The lowest BCUT2D eigenvalue weighted by molar-refractivity contribution is -0.497. The Hall–Kier alpha value is -1.47. The van der Waals surface area contributed by atoms with Crippen LogP contribution in [-0.2, 0) is 16.2 Å². The van der Waals surface area contributed by atoms with Crippen LogP contribution in [0.15, 0.2) is 24.3 Å². The van der Waals surface area contributed by atoms with Gasteiger partial charge < -0.3 is 4.74 Å². The minimum atomic E-state index is -0.365. The quantitative estimate of drug-likeness (QED) is 0.537. The van der Waals surface area contributed by atoms with E-state index >= 15 is 0 Å². The molecule has 0 atom stereocenters. The number of rotatable bonds is 5. The molecule has 0 amide bonds. The fourth-order valence-corrected chi connectivity index (χ4v) is 0.852. The molecule has 6 heteroatoms. The van der Waals surface area contributed by atoms with E-state index in [9.17, 15) is 4.79 Å². The number of ether oxygens (including phenoxy) is 1. The second-order valence-electron chi connectivity index (χ2n) is 2.38. The molecule has 0 aromatic heterocycles.